The molecule has 0 spiro atoms. The average Bonchev–Trinajstić information content (AvgIpc) is 3.39. The van der Waals surface area contributed by atoms with Crippen LogP contribution < -0.4 is 21.3 Å². The molecule has 39 heavy (non-hydrogen) atoms. The molecule has 1 saturated heterocycles. The Morgan fingerprint density at radius 2 is 1.79 bits per heavy atom. The van der Waals surface area contributed by atoms with Gasteiger partial charge in [0.15, 0.2) is 0 Å². The number of anilines is 3. The highest BCUT2D eigenvalue weighted by molar-refractivity contribution is 5.99. The van der Waals surface area contributed by atoms with Gasteiger partial charge in [0.1, 0.15) is 11.4 Å². The van der Waals surface area contributed by atoms with Crippen LogP contribution in [0.5, 0.6) is 0 Å². The first-order valence-electron chi connectivity index (χ1n) is 12.1. The number of carbonyl (C=O) groups excluding carboxylic acids is 2. The van der Waals surface area contributed by atoms with Crippen LogP contribution in [0, 0.1) is 5.82 Å². The number of nitrogens with zero attached hydrogens (tertiary/aromatic N) is 2. The maximum absolute atomic E-state index is 13.4. The van der Waals surface area contributed by atoms with Crippen molar-refractivity contribution in [2.75, 3.05) is 30.4 Å². The number of halogens is 4. The van der Waals surface area contributed by atoms with Crippen LogP contribution in [0.25, 0.3) is 0 Å². The van der Waals surface area contributed by atoms with E-state index in [9.17, 15) is 27.2 Å². The number of benzene rings is 2. The number of nitrogens with one attached hydrogen (secondary N) is 4. The molecule has 2 amide bonds. The fourth-order valence-electron chi connectivity index (χ4n) is 3.96. The SMILES string of the molecule is CCNc1ncc(C(=O)N[C@@]2(C(=O)NCc3ccc(Nc4ccc(F)cc4C(F)(F)F)cc3)CCOC2)cn1. The van der Waals surface area contributed by atoms with E-state index in [1.54, 1.807) is 12.1 Å². The smallest absolute Gasteiger partial charge is 0.378 e. The molecule has 206 valence electrons. The van der Waals surface area contributed by atoms with Gasteiger partial charge in [0, 0.05) is 44.2 Å². The second-order valence-electron chi connectivity index (χ2n) is 8.86. The lowest BCUT2D eigenvalue weighted by atomic mass is 9.96. The average molecular weight is 547 g/mol. The van der Waals surface area contributed by atoms with Gasteiger partial charge < -0.3 is 26.0 Å². The van der Waals surface area contributed by atoms with E-state index in [0.29, 0.717) is 29.8 Å². The van der Waals surface area contributed by atoms with Crippen LogP contribution in [0.3, 0.4) is 0 Å². The number of ether oxygens (including phenoxy) is 1. The van der Waals surface area contributed by atoms with Crippen LogP contribution in [0.1, 0.15) is 34.8 Å². The Hall–Kier alpha value is -4.26. The number of hydrogen-bond acceptors (Lipinski definition) is 7. The topological polar surface area (TPSA) is 117 Å². The number of amides is 2. The highest BCUT2D eigenvalue weighted by Gasteiger charge is 2.43. The molecular formula is C26H26F4N6O3. The van der Waals surface area contributed by atoms with E-state index in [1.165, 1.54) is 24.5 Å². The third-order valence-corrected chi connectivity index (χ3v) is 6.03. The van der Waals surface area contributed by atoms with Crippen molar-refractivity contribution < 1.29 is 31.9 Å². The molecule has 3 aromatic rings. The van der Waals surface area contributed by atoms with Gasteiger partial charge in [0.05, 0.1) is 23.4 Å². The van der Waals surface area contributed by atoms with Crippen molar-refractivity contribution in [3.8, 4) is 0 Å². The second-order valence-corrected chi connectivity index (χ2v) is 8.86. The monoisotopic (exact) mass is 546 g/mol. The van der Waals surface area contributed by atoms with Crippen molar-refractivity contribution in [2.24, 2.45) is 0 Å². The predicted molar refractivity (Wildman–Crippen MR) is 135 cm³/mol. The van der Waals surface area contributed by atoms with Crippen LogP contribution in [0.2, 0.25) is 0 Å². The molecule has 1 fully saturated rings. The highest BCUT2D eigenvalue weighted by atomic mass is 19.4. The van der Waals surface area contributed by atoms with Gasteiger partial charge in [-0.3, -0.25) is 9.59 Å². The predicted octanol–water partition coefficient (Wildman–Crippen LogP) is 4.02. The molecule has 1 aliphatic rings. The van der Waals surface area contributed by atoms with Crippen molar-refractivity contribution in [3.05, 3.63) is 77.4 Å². The third kappa shape index (κ3) is 6.79. The molecule has 4 rings (SSSR count). The molecule has 2 aromatic carbocycles. The zero-order chi connectivity index (χ0) is 28.0. The van der Waals surface area contributed by atoms with E-state index in [-0.39, 0.29) is 37.4 Å². The summed E-state index contributed by atoms with van der Waals surface area (Å²) in [4.78, 5) is 34.1. The van der Waals surface area contributed by atoms with Gasteiger partial charge in [-0.2, -0.15) is 13.2 Å². The number of carbonyl (C=O) groups is 2. The van der Waals surface area contributed by atoms with E-state index >= 15 is 0 Å². The summed E-state index contributed by atoms with van der Waals surface area (Å²) in [7, 11) is 0. The Morgan fingerprint density at radius 1 is 1.08 bits per heavy atom. The lowest BCUT2D eigenvalue weighted by Gasteiger charge is -2.27. The first-order valence-corrected chi connectivity index (χ1v) is 12.1. The largest absolute Gasteiger partial charge is 0.418 e. The van der Waals surface area contributed by atoms with E-state index in [1.807, 2.05) is 6.92 Å². The van der Waals surface area contributed by atoms with E-state index in [0.717, 1.165) is 12.1 Å². The van der Waals surface area contributed by atoms with Gasteiger partial charge in [0.25, 0.3) is 5.91 Å². The lowest BCUT2D eigenvalue weighted by molar-refractivity contribution is -0.137. The van der Waals surface area contributed by atoms with Crippen LogP contribution >= 0.6 is 0 Å². The molecule has 0 aliphatic carbocycles. The summed E-state index contributed by atoms with van der Waals surface area (Å²) in [6, 6.07) is 8.72. The summed E-state index contributed by atoms with van der Waals surface area (Å²) in [5.41, 5.74) is -1.49. The van der Waals surface area contributed by atoms with Crippen LogP contribution in [0.15, 0.2) is 54.9 Å². The molecular weight excluding hydrogens is 520 g/mol. The van der Waals surface area contributed by atoms with Crippen LogP contribution in [-0.2, 0) is 22.3 Å². The molecule has 1 atom stereocenters. The fraction of sp³-hybridized carbons (Fsp3) is 0.308. The lowest BCUT2D eigenvalue weighted by Crippen LogP contribution is -2.59. The van der Waals surface area contributed by atoms with Crippen molar-refractivity contribution in [3.63, 3.8) is 0 Å². The Bertz CT molecular complexity index is 1310. The summed E-state index contributed by atoms with van der Waals surface area (Å²) >= 11 is 0. The van der Waals surface area contributed by atoms with Crippen LogP contribution in [0.4, 0.5) is 34.9 Å². The molecule has 2 heterocycles. The zero-order valence-electron chi connectivity index (χ0n) is 20.9. The minimum Gasteiger partial charge on any atom is -0.378 e. The molecule has 9 nitrogen and oxygen atoms in total. The number of hydrogen-bond donors (Lipinski definition) is 4. The summed E-state index contributed by atoms with van der Waals surface area (Å²) in [5, 5.41) is 11.1. The molecule has 13 heteroatoms. The Balaban J connectivity index is 1.38. The zero-order valence-corrected chi connectivity index (χ0v) is 20.9. The van der Waals surface area contributed by atoms with Crippen molar-refractivity contribution in [1.29, 1.82) is 0 Å². The first-order chi connectivity index (χ1) is 18.6. The molecule has 0 radical (unpaired) electrons. The molecule has 1 aromatic heterocycles. The summed E-state index contributed by atoms with van der Waals surface area (Å²) in [6.45, 7) is 2.88. The van der Waals surface area contributed by atoms with Gasteiger partial charge in [-0.05, 0) is 42.8 Å². The van der Waals surface area contributed by atoms with Crippen molar-refractivity contribution in [2.45, 2.75) is 31.6 Å². The maximum Gasteiger partial charge on any atom is 0.418 e. The summed E-state index contributed by atoms with van der Waals surface area (Å²) < 4.78 is 58.5. The first kappa shape index (κ1) is 27.8. The Labute approximate surface area is 221 Å². The van der Waals surface area contributed by atoms with E-state index < -0.39 is 34.9 Å². The Morgan fingerprint density at radius 3 is 2.41 bits per heavy atom. The minimum absolute atomic E-state index is 0.0109. The number of alkyl halides is 3. The summed E-state index contributed by atoms with van der Waals surface area (Å²) in [5.74, 6) is -1.57. The minimum atomic E-state index is -4.73. The summed E-state index contributed by atoms with van der Waals surface area (Å²) in [6.07, 6.45) is -1.74. The number of aromatic nitrogens is 2. The highest BCUT2D eigenvalue weighted by Crippen LogP contribution is 2.36. The van der Waals surface area contributed by atoms with E-state index in [4.69, 9.17) is 4.74 Å². The molecule has 0 saturated carbocycles. The van der Waals surface area contributed by atoms with Gasteiger partial charge >= 0.3 is 6.18 Å². The normalized spacial score (nSPS) is 16.9. The van der Waals surface area contributed by atoms with Crippen LogP contribution in [-0.4, -0.2) is 47.1 Å². The second kappa shape index (κ2) is 11.6. The maximum atomic E-state index is 13.4. The van der Waals surface area contributed by atoms with Crippen molar-refractivity contribution in [1.82, 2.24) is 20.6 Å². The number of rotatable bonds is 9. The Kier molecular flexibility index (Phi) is 8.29. The van der Waals surface area contributed by atoms with Gasteiger partial charge in [-0.1, -0.05) is 12.1 Å². The van der Waals surface area contributed by atoms with Crippen molar-refractivity contribution >= 4 is 29.1 Å². The van der Waals surface area contributed by atoms with Gasteiger partial charge in [-0.25, -0.2) is 14.4 Å². The molecule has 0 unspecified atom stereocenters. The molecule has 4 N–H and O–H groups in total. The fourth-order valence-corrected chi connectivity index (χ4v) is 3.96. The molecule has 1 aliphatic heterocycles. The van der Waals surface area contributed by atoms with E-state index in [2.05, 4.69) is 31.2 Å². The van der Waals surface area contributed by atoms with Gasteiger partial charge in [-0.15, -0.1) is 0 Å². The third-order valence-electron chi connectivity index (χ3n) is 6.03. The standard InChI is InChI=1S/C26H26F4N6O3/c1-2-31-24-33-13-17(14-34-24)22(37)36-25(9-10-39-15-25)23(38)32-12-16-3-6-19(7-4-16)35-21-8-5-18(27)11-20(21)26(28,29)30/h3-8,11,13-14,35H,2,9-10,12,15H2,1H3,(H,32,38)(H,36,37)(H,31,33,34)/t25-/m0/s1. The van der Waals surface area contributed by atoms with Gasteiger partial charge in [0.2, 0.25) is 11.9 Å². The molecule has 0 bridgehead atoms. The quantitative estimate of drug-likeness (QED) is 0.300.